The third-order valence-electron chi connectivity index (χ3n) is 1.96. The zero-order chi connectivity index (χ0) is 13.0. The van der Waals surface area contributed by atoms with Gasteiger partial charge in [0.1, 0.15) is 11.3 Å². The van der Waals surface area contributed by atoms with Gasteiger partial charge < -0.3 is 9.47 Å². The first-order chi connectivity index (χ1) is 7.95. The molecule has 1 aromatic rings. The first-order valence-corrected chi connectivity index (χ1v) is 5.67. The maximum atomic E-state index is 12.2. The van der Waals surface area contributed by atoms with Gasteiger partial charge in [0.05, 0.1) is 6.61 Å². The van der Waals surface area contributed by atoms with Crippen molar-refractivity contribution in [2.75, 3.05) is 6.61 Å². The number of rotatable bonds is 4. The van der Waals surface area contributed by atoms with E-state index in [1.807, 2.05) is 0 Å². The SMILES string of the molecule is CCOC(=O)c1c(C)cc(Br)cc1OC(F)F. The quantitative estimate of drug-likeness (QED) is 0.798. The fourth-order valence-corrected chi connectivity index (χ4v) is 1.92. The van der Waals surface area contributed by atoms with E-state index < -0.39 is 12.6 Å². The molecule has 17 heavy (non-hydrogen) atoms. The zero-order valence-electron chi connectivity index (χ0n) is 9.30. The van der Waals surface area contributed by atoms with E-state index in [4.69, 9.17) is 4.74 Å². The molecule has 0 amide bonds. The van der Waals surface area contributed by atoms with Crippen LogP contribution in [0.25, 0.3) is 0 Å². The van der Waals surface area contributed by atoms with Crippen LogP contribution in [0.2, 0.25) is 0 Å². The van der Waals surface area contributed by atoms with Gasteiger partial charge in [-0.25, -0.2) is 4.79 Å². The average Bonchev–Trinajstić information content (AvgIpc) is 2.15. The van der Waals surface area contributed by atoms with Crippen molar-refractivity contribution in [3.05, 3.63) is 27.7 Å². The van der Waals surface area contributed by atoms with E-state index >= 15 is 0 Å². The molecular weight excluding hydrogens is 298 g/mol. The highest BCUT2D eigenvalue weighted by atomic mass is 79.9. The molecule has 0 atom stereocenters. The Morgan fingerprint density at radius 2 is 2.12 bits per heavy atom. The molecule has 0 radical (unpaired) electrons. The smallest absolute Gasteiger partial charge is 0.387 e. The summed E-state index contributed by atoms with van der Waals surface area (Å²) in [6, 6.07) is 2.94. The molecule has 6 heteroatoms. The summed E-state index contributed by atoms with van der Waals surface area (Å²) in [4.78, 5) is 11.6. The van der Waals surface area contributed by atoms with E-state index in [9.17, 15) is 13.6 Å². The van der Waals surface area contributed by atoms with Gasteiger partial charge >= 0.3 is 12.6 Å². The van der Waals surface area contributed by atoms with E-state index in [1.54, 1.807) is 19.9 Å². The summed E-state index contributed by atoms with van der Waals surface area (Å²) in [6.45, 7) is 0.439. The van der Waals surface area contributed by atoms with Crippen molar-refractivity contribution in [3.8, 4) is 5.75 Å². The fraction of sp³-hybridized carbons (Fsp3) is 0.364. The number of carbonyl (C=O) groups excluding carboxylic acids is 1. The Morgan fingerprint density at radius 1 is 1.47 bits per heavy atom. The molecule has 0 bridgehead atoms. The molecule has 94 valence electrons. The predicted octanol–water partition coefficient (Wildman–Crippen LogP) is 3.54. The monoisotopic (exact) mass is 308 g/mol. The van der Waals surface area contributed by atoms with E-state index in [-0.39, 0.29) is 17.9 Å². The van der Waals surface area contributed by atoms with Crippen molar-refractivity contribution in [1.29, 1.82) is 0 Å². The normalized spacial score (nSPS) is 10.5. The second-order valence-corrected chi connectivity index (χ2v) is 4.11. The van der Waals surface area contributed by atoms with E-state index in [0.717, 1.165) is 0 Å². The molecule has 0 spiro atoms. The number of carbonyl (C=O) groups is 1. The maximum absolute atomic E-state index is 12.2. The molecule has 0 aliphatic carbocycles. The van der Waals surface area contributed by atoms with Crippen LogP contribution in [0.4, 0.5) is 8.78 Å². The van der Waals surface area contributed by atoms with Gasteiger partial charge in [-0.1, -0.05) is 15.9 Å². The Balaban J connectivity index is 3.20. The summed E-state index contributed by atoms with van der Waals surface area (Å²) in [6.07, 6.45) is 0. The molecule has 0 saturated carbocycles. The predicted molar refractivity (Wildman–Crippen MR) is 61.5 cm³/mol. The fourth-order valence-electron chi connectivity index (χ4n) is 1.37. The number of benzene rings is 1. The number of hydrogen-bond acceptors (Lipinski definition) is 3. The van der Waals surface area contributed by atoms with E-state index in [1.165, 1.54) is 6.07 Å². The topological polar surface area (TPSA) is 35.5 Å². The van der Waals surface area contributed by atoms with Gasteiger partial charge in [0.25, 0.3) is 0 Å². The van der Waals surface area contributed by atoms with Crippen molar-refractivity contribution in [1.82, 2.24) is 0 Å². The minimum Gasteiger partial charge on any atom is -0.462 e. The largest absolute Gasteiger partial charge is 0.462 e. The zero-order valence-corrected chi connectivity index (χ0v) is 10.9. The molecule has 0 fully saturated rings. The summed E-state index contributed by atoms with van der Waals surface area (Å²) < 4.78 is 34.1. The first kappa shape index (κ1) is 13.9. The Bertz CT molecular complexity index is 421. The van der Waals surface area contributed by atoms with Crippen LogP contribution in [-0.4, -0.2) is 19.2 Å². The highest BCUT2D eigenvalue weighted by Gasteiger charge is 2.20. The minimum atomic E-state index is -2.99. The van der Waals surface area contributed by atoms with Gasteiger partial charge in [0, 0.05) is 4.47 Å². The molecule has 0 N–H and O–H groups in total. The Morgan fingerprint density at radius 3 is 2.65 bits per heavy atom. The van der Waals surface area contributed by atoms with Gasteiger partial charge in [0.15, 0.2) is 0 Å². The van der Waals surface area contributed by atoms with Crippen LogP contribution in [-0.2, 0) is 4.74 Å². The number of alkyl halides is 2. The lowest BCUT2D eigenvalue weighted by atomic mass is 10.1. The lowest BCUT2D eigenvalue weighted by Crippen LogP contribution is -2.12. The Labute approximate surface area is 106 Å². The second kappa shape index (κ2) is 5.95. The summed E-state index contributed by atoms with van der Waals surface area (Å²) in [5, 5.41) is 0. The number of halogens is 3. The van der Waals surface area contributed by atoms with Crippen LogP contribution in [0.5, 0.6) is 5.75 Å². The first-order valence-electron chi connectivity index (χ1n) is 4.87. The molecule has 0 heterocycles. The van der Waals surface area contributed by atoms with Crippen LogP contribution < -0.4 is 4.74 Å². The Hall–Kier alpha value is -1.17. The van der Waals surface area contributed by atoms with Gasteiger partial charge in [-0.3, -0.25) is 0 Å². The van der Waals surface area contributed by atoms with Gasteiger partial charge in [0.2, 0.25) is 0 Å². The molecular formula is C11H11BrF2O3. The maximum Gasteiger partial charge on any atom is 0.387 e. The lowest BCUT2D eigenvalue weighted by molar-refractivity contribution is -0.0505. The molecule has 1 rings (SSSR count). The lowest BCUT2D eigenvalue weighted by Gasteiger charge is -2.12. The highest BCUT2D eigenvalue weighted by Crippen LogP contribution is 2.29. The van der Waals surface area contributed by atoms with Crippen LogP contribution in [0.3, 0.4) is 0 Å². The molecule has 3 nitrogen and oxygen atoms in total. The molecule has 0 aliphatic heterocycles. The van der Waals surface area contributed by atoms with Crippen LogP contribution in [0, 0.1) is 6.92 Å². The second-order valence-electron chi connectivity index (χ2n) is 3.19. The van der Waals surface area contributed by atoms with Crippen molar-refractivity contribution in [2.24, 2.45) is 0 Å². The third kappa shape index (κ3) is 3.66. The van der Waals surface area contributed by atoms with Crippen molar-refractivity contribution in [2.45, 2.75) is 20.5 Å². The van der Waals surface area contributed by atoms with Crippen LogP contribution in [0.15, 0.2) is 16.6 Å². The highest BCUT2D eigenvalue weighted by molar-refractivity contribution is 9.10. The third-order valence-corrected chi connectivity index (χ3v) is 2.42. The average molecular weight is 309 g/mol. The van der Waals surface area contributed by atoms with Crippen molar-refractivity contribution < 1.29 is 23.0 Å². The number of ether oxygens (including phenoxy) is 2. The van der Waals surface area contributed by atoms with Gasteiger partial charge in [-0.15, -0.1) is 0 Å². The van der Waals surface area contributed by atoms with Crippen molar-refractivity contribution >= 4 is 21.9 Å². The molecule has 0 aromatic heterocycles. The number of esters is 1. The minimum absolute atomic E-state index is 0.0235. The van der Waals surface area contributed by atoms with Gasteiger partial charge in [-0.2, -0.15) is 8.78 Å². The number of hydrogen-bond donors (Lipinski definition) is 0. The molecule has 0 unspecified atom stereocenters. The summed E-state index contributed by atoms with van der Waals surface area (Å²) in [5.41, 5.74) is 0.531. The summed E-state index contributed by atoms with van der Waals surface area (Å²) >= 11 is 3.15. The van der Waals surface area contributed by atoms with E-state index in [2.05, 4.69) is 20.7 Å². The van der Waals surface area contributed by atoms with Crippen molar-refractivity contribution in [3.63, 3.8) is 0 Å². The van der Waals surface area contributed by atoms with Crippen LogP contribution >= 0.6 is 15.9 Å². The summed E-state index contributed by atoms with van der Waals surface area (Å²) in [7, 11) is 0. The standard InChI is InChI=1S/C11H11BrF2O3/c1-3-16-10(15)9-6(2)4-7(12)5-8(9)17-11(13)14/h4-5,11H,3H2,1-2H3. The molecule has 0 saturated heterocycles. The van der Waals surface area contributed by atoms with Gasteiger partial charge in [-0.05, 0) is 31.5 Å². The number of aryl methyl sites for hydroxylation is 1. The Kier molecular flexibility index (Phi) is 4.86. The van der Waals surface area contributed by atoms with Crippen LogP contribution in [0.1, 0.15) is 22.8 Å². The molecule has 1 aromatic carbocycles. The molecule has 0 aliphatic rings. The van der Waals surface area contributed by atoms with E-state index in [0.29, 0.717) is 10.0 Å². The summed E-state index contributed by atoms with van der Waals surface area (Å²) in [5.74, 6) is -0.863.